The highest BCUT2D eigenvalue weighted by Crippen LogP contribution is 2.45. The van der Waals surface area contributed by atoms with Gasteiger partial charge in [-0.2, -0.15) is 0 Å². The van der Waals surface area contributed by atoms with Gasteiger partial charge in [0, 0.05) is 25.7 Å². The fraction of sp³-hybridized carbons (Fsp3) is 0.942. The minimum absolute atomic E-state index is 0.104. The zero-order valence-electron chi connectivity index (χ0n) is 56.7. The van der Waals surface area contributed by atoms with E-state index in [1.165, 1.54) is 167 Å². The topological polar surface area (TPSA) is 237 Å². The Kier molecular flexibility index (Phi) is 62.4. The van der Waals surface area contributed by atoms with Gasteiger partial charge >= 0.3 is 39.5 Å². The Balaban J connectivity index is 5.07. The minimum Gasteiger partial charge on any atom is -0.462 e. The normalized spacial score (nSPS) is 14.0. The first-order chi connectivity index (χ1) is 42.7. The summed E-state index contributed by atoms with van der Waals surface area (Å²) in [5.74, 6) is -2.13. The van der Waals surface area contributed by atoms with E-state index in [0.29, 0.717) is 25.7 Å². The van der Waals surface area contributed by atoms with Crippen molar-refractivity contribution in [2.24, 2.45) is 0 Å². The number of ether oxygens (including phenoxy) is 4. The quantitative estimate of drug-likeness (QED) is 0.0222. The molecule has 0 aliphatic rings. The molecule has 3 N–H and O–H groups in total. The molecular weight excluding hydrogens is 1160 g/mol. The standard InChI is InChI=1S/C69H134O17P2/c1-5-9-13-17-21-23-25-27-28-29-30-31-32-33-34-35-36-38-40-44-48-52-56-69(74)86-65(60-80-67(72)54-50-46-43-39-37-26-24-22-18-14-10-6-2)62-84-88(77,78)82-58-63(70)57-81-87(75,76)83-61-64(85-68(73)55-51-47-42-20-16-12-8-4)59-79-66(71)53-49-45-41-19-15-11-7-3/h63-65,70H,5-62H2,1-4H3,(H,75,76)(H,77,78)/t63-,64+,65+/m0/s1. The van der Waals surface area contributed by atoms with Crippen LogP contribution in [0.1, 0.15) is 362 Å². The average Bonchev–Trinajstić information content (AvgIpc) is 3.65. The van der Waals surface area contributed by atoms with Gasteiger partial charge in [-0.1, -0.05) is 310 Å². The third kappa shape index (κ3) is 62.8. The van der Waals surface area contributed by atoms with E-state index in [9.17, 15) is 43.2 Å². The van der Waals surface area contributed by atoms with Crippen LogP contribution >= 0.6 is 15.6 Å². The zero-order valence-corrected chi connectivity index (χ0v) is 58.5. The first-order valence-electron chi connectivity index (χ1n) is 36.3. The summed E-state index contributed by atoms with van der Waals surface area (Å²) in [5.41, 5.74) is 0. The summed E-state index contributed by atoms with van der Waals surface area (Å²) in [7, 11) is -9.88. The summed E-state index contributed by atoms with van der Waals surface area (Å²) in [6.07, 6.45) is 51.8. The van der Waals surface area contributed by atoms with E-state index >= 15 is 0 Å². The molecule has 88 heavy (non-hydrogen) atoms. The number of rotatable bonds is 70. The van der Waals surface area contributed by atoms with E-state index in [0.717, 1.165) is 116 Å². The lowest BCUT2D eigenvalue weighted by Crippen LogP contribution is -2.30. The third-order valence-corrected chi connectivity index (χ3v) is 18.0. The number of carbonyl (C=O) groups is 4. The second-order valence-corrected chi connectivity index (χ2v) is 27.8. The SMILES string of the molecule is CCCCCCCCCCCCCCCCCCCCCCCCC(=O)O[C@H](COC(=O)CCCCCCCCCCCCCC)COP(=O)(O)OC[C@@H](O)COP(=O)(O)OC[C@@H](COC(=O)CCCCCCCCC)OC(=O)CCCCCCCCC. The van der Waals surface area contributed by atoms with E-state index in [1.807, 2.05) is 0 Å². The predicted molar refractivity (Wildman–Crippen MR) is 354 cm³/mol. The maximum Gasteiger partial charge on any atom is 0.472 e. The highest BCUT2D eigenvalue weighted by molar-refractivity contribution is 7.47. The van der Waals surface area contributed by atoms with E-state index in [2.05, 4.69) is 27.7 Å². The fourth-order valence-corrected chi connectivity index (χ4v) is 12.1. The lowest BCUT2D eigenvalue weighted by molar-refractivity contribution is -0.161. The summed E-state index contributed by atoms with van der Waals surface area (Å²) in [6.45, 7) is 4.84. The van der Waals surface area contributed by atoms with Crippen LogP contribution in [0.3, 0.4) is 0 Å². The van der Waals surface area contributed by atoms with Crippen molar-refractivity contribution in [3.8, 4) is 0 Å². The second kappa shape index (κ2) is 63.8. The smallest absolute Gasteiger partial charge is 0.462 e. The molecule has 19 heteroatoms. The van der Waals surface area contributed by atoms with Crippen molar-refractivity contribution in [3.05, 3.63) is 0 Å². The number of esters is 4. The van der Waals surface area contributed by atoms with Gasteiger partial charge in [0.05, 0.1) is 26.4 Å². The van der Waals surface area contributed by atoms with Crippen LogP contribution in [0.15, 0.2) is 0 Å². The summed E-state index contributed by atoms with van der Waals surface area (Å²) >= 11 is 0. The van der Waals surface area contributed by atoms with Crippen molar-refractivity contribution in [3.63, 3.8) is 0 Å². The van der Waals surface area contributed by atoms with E-state index in [-0.39, 0.29) is 25.7 Å². The number of unbranched alkanes of at least 4 members (excludes halogenated alkanes) is 44. The largest absolute Gasteiger partial charge is 0.472 e. The molecule has 0 aliphatic heterocycles. The predicted octanol–water partition coefficient (Wildman–Crippen LogP) is 19.9. The zero-order chi connectivity index (χ0) is 64.7. The molecule has 0 saturated heterocycles. The Morgan fingerprint density at radius 3 is 0.670 bits per heavy atom. The van der Waals surface area contributed by atoms with Gasteiger partial charge in [0.2, 0.25) is 0 Å². The van der Waals surface area contributed by atoms with Crippen LogP contribution in [0, 0.1) is 0 Å². The number of carbonyl (C=O) groups excluding carboxylic acids is 4. The van der Waals surface area contributed by atoms with Gasteiger partial charge in [0.15, 0.2) is 12.2 Å². The lowest BCUT2D eigenvalue weighted by atomic mass is 10.0. The Morgan fingerprint density at radius 1 is 0.273 bits per heavy atom. The summed E-state index contributed by atoms with van der Waals surface area (Å²) in [6, 6.07) is 0. The molecular formula is C69H134O17P2. The van der Waals surface area contributed by atoms with Crippen LogP contribution in [-0.2, 0) is 65.4 Å². The molecule has 0 fully saturated rings. The molecule has 5 atom stereocenters. The fourth-order valence-electron chi connectivity index (χ4n) is 10.5. The highest BCUT2D eigenvalue weighted by atomic mass is 31.2. The second-order valence-electron chi connectivity index (χ2n) is 24.9. The van der Waals surface area contributed by atoms with Crippen LogP contribution < -0.4 is 0 Å². The number of phosphoric ester groups is 2. The summed E-state index contributed by atoms with van der Waals surface area (Å²) < 4.78 is 68.0. The molecule has 0 amide bonds. The molecule has 0 heterocycles. The molecule has 522 valence electrons. The van der Waals surface area contributed by atoms with Crippen LogP contribution in [-0.4, -0.2) is 96.7 Å². The minimum atomic E-state index is -4.95. The monoisotopic (exact) mass is 1300 g/mol. The van der Waals surface area contributed by atoms with Crippen LogP contribution in [0.4, 0.5) is 0 Å². The van der Waals surface area contributed by atoms with Crippen LogP contribution in [0.5, 0.6) is 0 Å². The summed E-state index contributed by atoms with van der Waals surface area (Å²) in [4.78, 5) is 72.1. The van der Waals surface area contributed by atoms with E-state index in [4.69, 9.17) is 37.0 Å². The maximum atomic E-state index is 13.0. The van der Waals surface area contributed by atoms with Gasteiger partial charge in [0.1, 0.15) is 19.3 Å². The Bertz CT molecular complexity index is 1690. The number of aliphatic hydroxyl groups is 1. The average molecular weight is 1300 g/mol. The summed E-state index contributed by atoms with van der Waals surface area (Å²) in [5, 5.41) is 10.5. The molecule has 2 unspecified atom stereocenters. The molecule has 17 nitrogen and oxygen atoms in total. The van der Waals surface area contributed by atoms with Crippen LogP contribution in [0.25, 0.3) is 0 Å². The van der Waals surface area contributed by atoms with Crippen molar-refractivity contribution in [2.45, 2.75) is 380 Å². The van der Waals surface area contributed by atoms with Crippen molar-refractivity contribution in [2.75, 3.05) is 39.6 Å². The van der Waals surface area contributed by atoms with Gasteiger partial charge in [-0.15, -0.1) is 0 Å². The molecule has 0 aromatic carbocycles. The van der Waals surface area contributed by atoms with E-state index in [1.54, 1.807) is 0 Å². The molecule has 0 radical (unpaired) electrons. The van der Waals surface area contributed by atoms with Crippen LogP contribution in [0.2, 0.25) is 0 Å². The first kappa shape index (κ1) is 86.1. The maximum absolute atomic E-state index is 13.0. The number of aliphatic hydroxyl groups excluding tert-OH is 1. The number of phosphoric acid groups is 2. The molecule has 0 aromatic rings. The first-order valence-corrected chi connectivity index (χ1v) is 39.3. The van der Waals surface area contributed by atoms with Gasteiger partial charge in [-0.25, -0.2) is 9.13 Å². The van der Waals surface area contributed by atoms with Gasteiger partial charge < -0.3 is 33.8 Å². The van der Waals surface area contributed by atoms with E-state index < -0.39 is 97.5 Å². The highest BCUT2D eigenvalue weighted by Gasteiger charge is 2.30. The Hall–Kier alpha value is -1.94. The number of hydrogen-bond acceptors (Lipinski definition) is 15. The van der Waals surface area contributed by atoms with Crippen molar-refractivity contribution in [1.82, 2.24) is 0 Å². The third-order valence-electron chi connectivity index (χ3n) is 16.1. The van der Waals surface area contributed by atoms with Gasteiger partial charge in [-0.3, -0.25) is 37.3 Å². The van der Waals surface area contributed by atoms with Crippen molar-refractivity contribution >= 4 is 39.5 Å². The van der Waals surface area contributed by atoms with Crippen molar-refractivity contribution < 1.29 is 80.2 Å². The molecule has 0 rings (SSSR count). The van der Waals surface area contributed by atoms with Gasteiger partial charge in [-0.05, 0) is 25.7 Å². The molecule has 0 spiro atoms. The molecule has 0 aromatic heterocycles. The lowest BCUT2D eigenvalue weighted by Gasteiger charge is -2.21. The van der Waals surface area contributed by atoms with Crippen molar-refractivity contribution in [1.29, 1.82) is 0 Å². The number of hydrogen-bond donors (Lipinski definition) is 3. The molecule has 0 saturated carbocycles. The Morgan fingerprint density at radius 2 is 0.455 bits per heavy atom. The molecule has 0 bridgehead atoms. The molecule has 0 aliphatic carbocycles. The van der Waals surface area contributed by atoms with Gasteiger partial charge in [0.25, 0.3) is 0 Å². The Labute approximate surface area is 537 Å².